The summed E-state index contributed by atoms with van der Waals surface area (Å²) in [7, 11) is 0. The number of hydrogen-bond donors (Lipinski definition) is 1. The lowest BCUT2D eigenvalue weighted by molar-refractivity contribution is 0.0636. The summed E-state index contributed by atoms with van der Waals surface area (Å²) < 4.78 is 5.22. The maximum atomic E-state index is 11.8. The van der Waals surface area contributed by atoms with Gasteiger partial charge in [-0.2, -0.15) is 5.10 Å². The smallest absolute Gasteiger partial charge is 0.412 e. The van der Waals surface area contributed by atoms with Crippen LogP contribution in [0.25, 0.3) is 10.9 Å². The summed E-state index contributed by atoms with van der Waals surface area (Å²) in [5.74, 6) is 0. The first-order valence-corrected chi connectivity index (χ1v) is 6.08. The van der Waals surface area contributed by atoms with E-state index < -0.39 is 11.7 Å². The second-order valence-electron chi connectivity index (χ2n) is 5.36. The molecular formula is C14H17N3O2. The summed E-state index contributed by atoms with van der Waals surface area (Å²) in [4.78, 5) is 11.8. The number of aryl methyl sites for hydroxylation is 1. The molecule has 0 saturated heterocycles. The van der Waals surface area contributed by atoms with E-state index >= 15 is 0 Å². The third-order valence-corrected chi connectivity index (χ3v) is 2.51. The van der Waals surface area contributed by atoms with Crippen LogP contribution in [0.15, 0.2) is 24.4 Å². The van der Waals surface area contributed by atoms with Crippen LogP contribution in [0.4, 0.5) is 10.5 Å². The first-order valence-electron chi connectivity index (χ1n) is 6.08. The van der Waals surface area contributed by atoms with E-state index in [4.69, 9.17) is 4.74 Å². The van der Waals surface area contributed by atoms with Crippen molar-refractivity contribution in [3.05, 3.63) is 30.0 Å². The monoisotopic (exact) mass is 259 g/mol. The molecule has 0 atom stereocenters. The van der Waals surface area contributed by atoms with Gasteiger partial charge < -0.3 is 4.74 Å². The van der Waals surface area contributed by atoms with Gasteiger partial charge in [0.1, 0.15) is 11.1 Å². The van der Waals surface area contributed by atoms with Crippen molar-refractivity contribution in [1.29, 1.82) is 0 Å². The van der Waals surface area contributed by atoms with E-state index in [1.807, 2.05) is 39.8 Å². The molecule has 0 aliphatic heterocycles. The summed E-state index contributed by atoms with van der Waals surface area (Å²) in [5, 5.41) is 11.7. The van der Waals surface area contributed by atoms with E-state index in [1.165, 1.54) is 0 Å². The number of nitrogens with zero attached hydrogens (tertiary/aromatic N) is 2. The molecule has 0 aliphatic rings. The number of nitrogens with one attached hydrogen (secondary N) is 1. The molecule has 5 heteroatoms. The maximum absolute atomic E-state index is 11.8. The van der Waals surface area contributed by atoms with Crippen LogP contribution in [0, 0.1) is 6.92 Å². The number of benzene rings is 1. The zero-order chi connectivity index (χ0) is 14.0. The number of anilines is 1. The van der Waals surface area contributed by atoms with Gasteiger partial charge in [-0.15, -0.1) is 5.10 Å². The predicted molar refractivity (Wildman–Crippen MR) is 74.1 cm³/mol. The molecule has 1 aromatic heterocycles. The van der Waals surface area contributed by atoms with Gasteiger partial charge in [0.15, 0.2) is 0 Å². The highest BCUT2D eigenvalue weighted by molar-refractivity contribution is 5.98. The molecule has 0 unspecified atom stereocenters. The molecule has 0 bridgehead atoms. The normalized spacial score (nSPS) is 11.4. The van der Waals surface area contributed by atoms with E-state index in [2.05, 4.69) is 15.5 Å². The molecule has 2 rings (SSSR count). The lowest BCUT2D eigenvalue weighted by Crippen LogP contribution is -2.27. The van der Waals surface area contributed by atoms with Crippen molar-refractivity contribution in [2.75, 3.05) is 5.32 Å². The minimum absolute atomic E-state index is 0.497. The number of fused-ring (bicyclic) bond motifs is 1. The topological polar surface area (TPSA) is 64.1 Å². The van der Waals surface area contributed by atoms with Crippen molar-refractivity contribution >= 4 is 22.7 Å². The van der Waals surface area contributed by atoms with Crippen molar-refractivity contribution in [3.63, 3.8) is 0 Å². The molecule has 19 heavy (non-hydrogen) atoms. The Morgan fingerprint density at radius 1 is 1.32 bits per heavy atom. The Hall–Kier alpha value is -2.17. The van der Waals surface area contributed by atoms with E-state index in [9.17, 15) is 4.79 Å². The van der Waals surface area contributed by atoms with E-state index in [-0.39, 0.29) is 0 Å². The summed E-state index contributed by atoms with van der Waals surface area (Å²) in [6.07, 6.45) is 1.20. The minimum Gasteiger partial charge on any atom is -0.444 e. The molecule has 100 valence electrons. The minimum atomic E-state index is -0.531. The van der Waals surface area contributed by atoms with Gasteiger partial charge in [0.2, 0.25) is 0 Å². The molecule has 0 aliphatic carbocycles. The second-order valence-corrected chi connectivity index (χ2v) is 5.36. The van der Waals surface area contributed by atoms with E-state index in [0.29, 0.717) is 11.2 Å². The van der Waals surface area contributed by atoms with Gasteiger partial charge in [0, 0.05) is 5.39 Å². The Balaban J connectivity index is 2.31. The zero-order valence-corrected chi connectivity index (χ0v) is 11.5. The van der Waals surface area contributed by atoms with Gasteiger partial charge in [-0.3, -0.25) is 5.32 Å². The Morgan fingerprint density at radius 2 is 2.05 bits per heavy atom. The largest absolute Gasteiger partial charge is 0.444 e. The summed E-state index contributed by atoms with van der Waals surface area (Å²) in [5.41, 5.74) is 1.74. The molecule has 1 N–H and O–H groups in total. The first-order chi connectivity index (χ1) is 8.87. The molecule has 0 spiro atoms. The number of ether oxygens (including phenoxy) is 1. The SMILES string of the molecule is Cc1cnnc2c(NC(=O)OC(C)(C)C)cccc12. The molecule has 0 radical (unpaired) electrons. The van der Waals surface area contributed by atoms with Crippen molar-refractivity contribution in [3.8, 4) is 0 Å². The standard InChI is InChI=1S/C14H17N3O2/c1-9-8-15-17-12-10(9)6-5-7-11(12)16-13(18)19-14(2,3)4/h5-8H,1-4H3,(H,16,18). The average Bonchev–Trinajstić information content (AvgIpc) is 2.28. The molecule has 1 heterocycles. The van der Waals surface area contributed by atoms with Gasteiger partial charge >= 0.3 is 6.09 Å². The highest BCUT2D eigenvalue weighted by atomic mass is 16.6. The fourth-order valence-electron chi connectivity index (χ4n) is 1.73. The number of rotatable bonds is 1. The van der Waals surface area contributed by atoms with Gasteiger partial charge in [-0.05, 0) is 39.3 Å². The highest BCUT2D eigenvalue weighted by Gasteiger charge is 2.17. The third kappa shape index (κ3) is 3.19. The zero-order valence-electron chi connectivity index (χ0n) is 11.5. The predicted octanol–water partition coefficient (Wildman–Crippen LogP) is 3.29. The Morgan fingerprint density at radius 3 is 2.74 bits per heavy atom. The van der Waals surface area contributed by atoms with E-state index in [0.717, 1.165) is 10.9 Å². The average molecular weight is 259 g/mol. The number of carbonyl (C=O) groups excluding carboxylic acids is 1. The van der Waals surface area contributed by atoms with E-state index in [1.54, 1.807) is 12.3 Å². The Labute approximate surface area is 112 Å². The lowest BCUT2D eigenvalue weighted by atomic mass is 10.1. The maximum Gasteiger partial charge on any atom is 0.412 e. The van der Waals surface area contributed by atoms with Crippen molar-refractivity contribution in [1.82, 2.24) is 10.2 Å². The van der Waals surface area contributed by atoms with Gasteiger partial charge in [0.05, 0.1) is 11.9 Å². The van der Waals surface area contributed by atoms with Crippen LogP contribution in [-0.4, -0.2) is 21.9 Å². The molecule has 1 amide bonds. The fraction of sp³-hybridized carbons (Fsp3) is 0.357. The molecule has 5 nitrogen and oxygen atoms in total. The number of aromatic nitrogens is 2. The molecule has 0 saturated carbocycles. The van der Waals surface area contributed by atoms with Gasteiger partial charge in [-0.1, -0.05) is 12.1 Å². The number of hydrogen-bond acceptors (Lipinski definition) is 4. The van der Waals surface area contributed by atoms with Crippen molar-refractivity contribution < 1.29 is 9.53 Å². The lowest BCUT2D eigenvalue weighted by Gasteiger charge is -2.19. The summed E-state index contributed by atoms with van der Waals surface area (Å²) in [6, 6.07) is 5.59. The highest BCUT2D eigenvalue weighted by Crippen LogP contribution is 2.23. The van der Waals surface area contributed by atoms with Crippen molar-refractivity contribution in [2.24, 2.45) is 0 Å². The van der Waals surface area contributed by atoms with Crippen molar-refractivity contribution in [2.45, 2.75) is 33.3 Å². The molecule has 2 aromatic rings. The third-order valence-electron chi connectivity index (χ3n) is 2.51. The molecule has 1 aromatic carbocycles. The second kappa shape index (κ2) is 4.84. The quantitative estimate of drug-likeness (QED) is 0.853. The van der Waals surface area contributed by atoms with Crippen LogP contribution in [0.5, 0.6) is 0 Å². The summed E-state index contributed by atoms with van der Waals surface area (Å²) in [6.45, 7) is 7.41. The molecular weight excluding hydrogens is 242 g/mol. The van der Waals surface area contributed by atoms with Crippen LogP contribution in [-0.2, 0) is 4.74 Å². The Kier molecular flexibility index (Phi) is 3.38. The van der Waals surface area contributed by atoms with Gasteiger partial charge in [0.25, 0.3) is 0 Å². The number of carbonyl (C=O) groups is 1. The Bertz CT molecular complexity index is 618. The molecule has 0 fully saturated rings. The summed E-state index contributed by atoms with van der Waals surface area (Å²) >= 11 is 0. The van der Waals surface area contributed by atoms with Crippen LogP contribution < -0.4 is 5.32 Å². The van der Waals surface area contributed by atoms with Gasteiger partial charge in [-0.25, -0.2) is 4.79 Å². The van der Waals surface area contributed by atoms with Crippen LogP contribution in [0.2, 0.25) is 0 Å². The fourth-order valence-corrected chi connectivity index (χ4v) is 1.73. The van der Waals surface area contributed by atoms with Crippen LogP contribution in [0.3, 0.4) is 0 Å². The van der Waals surface area contributed by atoms with Crippen LogP contribution in [0.1, 0.15) is 26.3 Å². The van der Waals surface area contributed by atoms with Crippen LogP contribution >= 0.6 is 0 Å². The first kappa shape index (κ1) is 13.3. The number of amides is 1.